The molecule has 0 radical (unpaired) electrons. The standard InChI is InChI=1S/C12H27Si.2C10H9.2ClH.Zr/c1-3-5-7-9-11-13-12-10-8-6-4-2;2*1-8-6-9-4-2-3-5-10(9)7-8;;;/h13H,3-12H2,1-2H3;2*2-7H,1H3;2*1H;/q;;;;;+2/p-2. The van der Waals surface area contributed by atoms with Crippen molar-refractivity contribution in [1.29, 1.82) is 0 Å². The van der Waals surface area contributed by atoms with Gasteiger partial charge in [0.05, 0.1) is 0 Å². The van der Waals surface area contributed by atoms with E-state index < -0.39 is 21.5 Å². The molecule has 0 bridgehead atoms. The van der Waals surface area contributed by atoms with Crippen LogP contribution in [0.25, 0.3) is 12.2 Å². The van der Waals surface area contributed by atoms with Crippen molar-refractivity contribution >= 4 is 35.1 Å². The van der Waals surface area contributed by atoms with E-state index in [1.807, 2.05) is 0 Å². The third kappa shape index (κ3) is 5.36. The van der Waals surface area contributed by atoms with Gasteiger partial charge < -0.3 is 0 Å². The van der Waals surface area contributed by atoms with Crippen LogP contribution in [0.5, 0.6) is 0 Å². The fraction of sp³-hybridized carbons (Fsp3) is 0.500. The predicted octanol–water partition coefficient (Wildman–Crippen LogP) is 11.2. The molecule has 0 saturated carbocycles. The topological polar surface area (TPSA) is 0 Å². The zero-order valence-electron chi connectivity index (χ0n) is 22.8. The second kappa shape index (κ2) is 12.2. The van der Waals surface area contributed by atoms with E-state index in [-0.39, 0.29) is 7.25 Å². The zero-order chi connectivity index (χ0) is 25.8. The Labute approximate surface area is 229 Å². The van der Waals surface area contributed by atoms with Gasteiger partial charge in [0.15, 0.2) is 0 Å². The maximum atomic E-state index is 8.60. The Morgan fingerprint density at radius 2 is 1.06 bits per heavy atom. The van der Waals surface area contributed by atoms with Gasteiger partial charge in [-0.15, -0.1) is 0 Å². The van der Waals surface area contributed by atoms with Crippen LogP contribution in [0.4, 0.5) is 0 Å². The molecule has 0 saturated heterocycles. The fourth-order valence-electron chi connectivity index (χ4n) is 7.39. The first kappa shape index (κ1) is 28.6. The molecule has 0 heterocycles. The van der Waals surface area contributed by atoms with Crippen LogP contribution in [0.1, 0.15) is 109 Å². The number of benzene rings is 2. The Bertz CT molecular complexity index is 1040. The van der Waals surface area contributed by atoms with Gasteiger partial charge in [-0.25, -0.2) is 0 Å². The molecule has 2 aromatic carbocycles. The number of unbranched alkanes of at least 4 members (excludes halogenated alkanes) is 6. The SMILES string of the molecule is CCCCCC[SiH](CCCCCC)[Zr]([Cl])([Cl])([CH]1C(C)=Cc2ccccc21)[CH]1C(C)=Cc2ccccc21. The van der Waals surface area contributed by atoms with Crippen molar-refractivity contribution < 1.29 is 15.6 Å². The Hall–Kier alpha value is -0.400. The number of rotatable bonds is 13. The third-order valence-corrected chi connectivity index (χ3v) is 57.8. The number of hydrogen-bond acceptors (Lipinski definition) is 0. The van der Waals surface area contributed by atoms with Gasteiger partial charge in [-0.2, -0.15) is 0 Å². The quantitative estimate of drug-likeness (QED) is 0.155. The zero-order valence-corrected chi connectivity index (χ0v) is 28.0. The molecule has 0 fully saturated rings. The van der Waals surface area contributed by atoms with Crippen LogP contribution in [0.3, 0.4) is 0 Å². The normalized spacial score (nSPS) is 20.0. The molecule has 2 aromatic rings. The Morgan fingerprint density at radius 3 is 1.47 bits per heavy atom. The molecule has 2 atom stereocenters. The summed E-state index contributed by atoms with van der Waals surface area (Å²) >= 11 is -4.59. The molecule has 2 unspecified atom stereocenters. The van der Waals surface area contributed by atoms with E-state index in [0.717, 1.165) is 0 Å². The monoisotopic (exact) mass is 617 g/mol. The summed E-state index contributed by atoms with van der Waals surface area (Å²) in [7, 11) is 17.2. The summed E-state index contributed by atoms with van der Waals surface area (Å²) in [5.41, 5.74) is 8.37. The Morgan fingerprint density at radius 1 is 0.639 bits per heavy atom. The molecular formula is C32H45Cl2SiZr. The summed E-state index contributed by atoms with van der Waals surface area (Å²) in [6.45, 7) is 9.26. The van der Waals surface area contributed by atoms with E-state index in [1.165, 1.54) is 96.9 Å². The number of fused-ring (bicyclic) bond motifs is 2. The molecule has 0 spiro atoms. The molecular weight excluding hydrogens is 575 g/mol. The second-order valence-corrected chi connectivity index (χ2v) is 51.8. The molecule has 0 N–H and O–H groups in total. The first-order valence-corrected chi connectivity index (χ1v) is 30.1. The van der Waals surface area contributed by atoms with Gasteiger partial charge in [0.2, 0.25) is 0 Å². The molecule has 36 heavy (non-hydrogen) atoms. The average molecular weight is 620 g/mol. The third-order valence-electron chi connectivity index (χ3n) is 8.99. The van der Waals surface area contributed by atoms with Crippen LogP contribution in [0, 0.1) is 0 Å². The van der Waals surface area contributed by atoms with Gasteiger partial charge in [0.1, 0.15) is 0 Å². The first-order valence-electron chi connectivity index (χ1n) is 14.4. The molecule has 2 aliphatic rings. The van der Waals surface area contributed by atoms with Gasteiger partial charge >= 0.3 is 231 Å². The van der Waals surface area contributed by atoms with Crippen LogP contribution in [-0.2, 0) is 15.6 Å². The minimum absolute atomic E-state index is 0.236. The summed E-state index contributed by atoms with van der Waals surface area (Å²) in [5, 5.41) is 0. The Kier molecular flexibility index (Phi) is 9.69. The first-order chi connectivity index (χ1) is 17.3. The summed E-state index contributed by atoms with van der Waals surface area (Å²) < 4.78 is 0.471. The van der Waals surface area contributed by atoms with Crippen LogP contribution in [0.2, 0.25) is 12.1 Å². The predicted molar refractivity (Wildman–Crippen MR) is 162 cm³/mol. The van der Waals surface area contributed by atoms with Crippen LogP contribution < -0.4 is 0 Å². The van der Waals surface area contributed by atoms with Crippen molar-refractivity contribution in [3.63, 3.8) is 0 Å². The van der Waals surface area contributed by atoms with Crippen LogP contribution >= 0.6 is 17.0 Å². The van der Waals surface area contributed by atoms with Crippen molar-refractivity contribution in [2.45, 2.75) is 98.4 Å². The minimum atomic E-state index is -4.59. The van der Waals surface area contributed by atoms with E-state index in [4.69, 9.17) is 17.0 Å². The summed E-state index contributed by atoms with van der Waals surface area (Å²) in [4.78, 5) is 0. The van der Waals surface area contributed by atoms with Crippen molar-refractivity contribution in [2.24, 2.45) is 0 Å². The van der Waals surface area contributed by atoms with E-state index in [2.05, 4.69) is 88.4 Å². The summed E-state index contributed by atoms with van der Waals surface area (Å²) in [6, 6.07) is 20.6. The molecule has 4 heteroatoms. The molecule has 0 aliphatic heterocycles. The molecule has 4 rings (SSSR count). The van der Waals surface area contributed by atoms with Gasteiger partial charge in [0, 0.05) is 0 Å². The van der Waals surface area contributed by atoms with Crippen molar-refractivity contribution in [1.82, 2.24) is 0 Å². The van der Waals surface area contributed by atoms with E-state index in [0.29, 0.717) is 0 Å². The van der Waals surface area contributed by atoms with Gasteiger partial charge in [-0.1, -0.05) is 0 Å². The second-order valence-electron chi connectivity index (χ2n) is 11.5. The van der Waals surface area contributed by atoms with Gasteiger partial charge in [-0.05, 0) is 0 Å². The van der Waals surface area contributed by atoms with Crippen LogP contribution in [0.15, 0.2) is 59.7 Å². The van der Waals surface area contributed by atoms with Crippen molar-refractivity contribution in [3.8, 4) is 0 Å². The molecule has 195 valence electrons. The van der Waals surface area contributed by atoms with E-state index in [9.17, 15) is 0 Å². The average Bonchev–Trinajstić information content (AvgIpc) is 3.39. The number of hydrogen-bond donors (Lipinski definition) is 0. The molecule has 0 nitrogen and oxygen atoms in total. The van der Waals surface area contributed by atoms with Gasteiger partial charge in [-0.3, -0.25) is 0 Å². The number of allylic oxidation sites excluding steroid dienone is 2. The van der Waals surface area contributed by atoms with E-state index >= 15 is 0 Å². The number of halogens is 2. The van der Waals surface area contributed by atoms with Gasteiger partial charge in [0.25, 0.3) is 0 Å². The summed E-state index contributed by atoms with van der Waals surface area (Å²) in [5.74, 6) is -1.51. The maximum absolute atomic E-state index is 8.60. The van der Waals surface area contributed by atoms with E-state index in [1.54, 1.807) is 0 Å². The fourth-order valence-corrected chi connectivity index (χ4v) is 58.9. The molecule has 0 aromatic heterocycles. The molecule has 2 aliphatic carbocycles. The summed E-state index contributed by atoms with van der Waals surface area (Å²) in [6.07, 6.45) is 15.2. The van der Waals surface area contributed by atoms with Crippen molar-refractivity contribution in [3.05, 3.63) is 81.9 Å². The van der Waals surface area contributed by atoms with Crippen LogP contribution in [-0.4, -0.2) is 5.92 Å². The van der Waals surface area contributed by atoms with Crippen molar-refractivity contribution in [2.75, 3.05) is 0 Å². The molecule has 0 amide bonds. The Balaban J connectivity index is 1.87.